The first-order chi connectivity index (χ1) is 14.3. The maximum absolute atomic E-state index is 12.1. The Kier molecular flexibility index (Phi) is 7.53. The van der Waals surface area contributed by atoms with Crippen LogP contribution in [0, 0.1) is 3.57 Å². The zero-order chi connectivity index (χ0) is 21.8. The minimum absolute atomic E-state index is 0.206. The Balaban J connectivity index is 1.95. The van der Waals surface area contributed by atoms with Crippen molar-refractivity contribution in [2.24, 2.45) is 5.73 Å². The van der Waals surface area contributed by atoms with E-state index in [2.05, 4.69) is 47.1 Å². The summed E-state index contributed by atoms with van der Waals surface area (Å²) in [4.78, 5) is 24.8. The Morgan fingerprint density at radius 3 is 2.60 bits per heavy atom. The first-order valence-electron chi connectivity index (χ1n) is 9.57. The highest BCUT2D eigenvalue weighted by Crippen LogP contribution is 2.42. The zero-order valence-electron chi connectivity index (χ0n) is 17.1. The number of carbonyl (C=O) groups excluding carboxylic acids is 2. The van der Waals surface area contributed by atoms with Crippen LogP contribution in [0.1, 0.15) is 37.6 Å². The summed E-state index contributed by atoms with van der Waals surface area (Å²) in [6.45, 7) is 7.23. The van der Waals surface area contributed by atoms with Crippen LogP contribution in [-0.2, 0) is 11.3 Å². The van der Waals surface area contributed by atoms with Crippen LogP contribution in [0.3, 0.4) is 0 Å². The van der Waals surface area contributed by atoms with Gasteiger partial charge >= 0.3 is 0 Å². The molecule has 1 aromatic heterocycles. The molecule has 0 aliphatic carbocycles. The molecule has 0 radical (unpaired) electrons. The molecule has 0 saturated carbocycles. The second-order valence-electron chi connectivity index (χ2n) is 7.14. The molecule has 2 amide bonds. The minimum Gasteiger partial charge on any atom is -0.454 e. The average molecular weight is 544 g/mol. The maximum Gasteiger partial charge on any atom is 0.252 e. The molecule has 2 heterocycles. The maximum atomic E-state index is 12.1. The molecule has 1 aliphatic rings. The molecule has 0 fully saturated rings. The fourth-order valence-corrected chi connectivity index (χ4v) is 4.82. The van der Waals surface area contributed by atoms with Crippen LogP contribution in [0.5, 0.6) is 11.5 Å². The number of nitrogens with one attached hydrogen (secondary N) is 2. The number of fused-ring (bicyclic) bond motifs is 1. The van der Waals surface area contributed by atoms with E-state index in [9.17, 15) is 9.59 Å². The van der Waals surface area contributed by atoms with Crippen LogP contribution in [0.4, 0.5) is 5.82 Å². The number of nitrogens with two attached hydrogens (primary N) is 1. The standard InChI is InChI=1S/C20H25IN4O4S/c1-11(2)23-5-4-6-25-18(7-13(19(22)27)20(25)24-12(3)26)30-17-9-16-15(8-14(17)21)28-10-29-16/h7-9,11,23H,4-6,10H2,1-3H3,(H2,22,27)(H,24,26). The molecule has 162 valence electrons. The predicted octanol–water partition coefficient (Wildman–Crippen LogP) is 3.42. The van der Waals surface area contributed by atoms with Gasteiger partial charge in [-0.3, -0.25) is 9.59 Å². The molecule has 0 bridgehead atoms. The summed E-state index contributed by atoms with van der Waals surface area (Å²) in [6, 6.07) is 5.97. The second kappa shape index (κ2) is 9.92. The van der Waals surface area contributed by atoms with Gasteiger partial charge in [-0.25, -0.2) is 0 Å². The highest BCUT2D eigenvalue weighted by molar-refractivity contribution is 14.1. The molecule has 3 rings (SSSR count). The lowest BCUT2D eigenvalue weighted by molar-refractivity contribution is -0.114. The van der Waals surface area contributed by atoms with Gasteiger partial charge in [-0.1, -0.05) is 25.6 Å². The number of anilines is 1. The van der Waals surface area contributed by atoms with E-state index in [0.717, 1.165) is 32.2 Å². The number of aromatic nitrogens is 1. The van der Waals surface area contributed by atoms with Crippen molar-refractivity contribution in [3.63, 3.8) is 0 Å². The van der Waals surface area contributed by atoms with Crippen LogP contribution >= 0.6 is 34.4 Å². The van der Waals surface area contributed by atoms with Gasteiger partial charge in [-0.05, 0) is 53.8 Å². The highest BCUT2D eigenvalue weighted by Gasteiger charge is 2.23. The van der Waals surface area contributed by atoms with Crippen molar-refractivity contribution in [2.75, 3.05) is 18.7 Å². The van der Waals surface area contributed by atoms with Crippen LogP contribution in [0.15, 0.2) is 28.1 Å². The molecular formula is C20H25IN4O4S. The number of carbonyl (C=O) groups is 2. The number of hydrogen-bond acceptors (Lipinski definition) is 6. The second-order valence-corrected chi connectivity index (χ2v) is 9.37. The lowest BCUT2D eigenvalue weighted by Crippen LogP contribution is -2.25. The van der Waals surface area contributed by atoms with Gasteiger partial charge in [0.15, 0.2) is 11.5 Å². The monoisotopic (exact) mass is 544 g/mol. The van der Waals surface area contributed by atoms with Crippen molar-refractivity contribution in [1.29, 1.82) is 0 Å². The van der Waals surface area contributed by atoms with Crippen molar-refractivity contribution in [1.82, 2.24) is 9.88 Å². The Labute approximate surface area is 193 Å². The van der Waals surface area contributed by atoms with Gasteiger partial charge in [-0.15, -0.1) is 0 Å². The fraction of sp³-hybridized carbons (Fsp3) is 0.400. The number of nitrogens with zero attached hydrogens (tertiary/aromatic N) is 1. The summed E-state index contributed by atoms with van der Waals surface area (Å²) < 4.78 is 13.9. The van der Waals surface area contributed by atoms with E-state index >= 15 is 0 Å². The summed E-state index contributed by atoms with van der Waals surface area (Å²) in [5, 5.41) is 6.97. The summed E-state index contributed by atoms with van der Waals surface area (Å²) in [6.07, 6.45) is 0.823. The minimum atomic E-state index is -0.583. The average Bonchev–Trinajstić information content (AvgIpc) is 3.23. The summed E-state index contributed by atoms with van der Waals surface area (Å²) in [5.41, 5.74) is 5.89. The van der Waals surface area contributed by atoms with E-state index in [1.807, 2.05) is 16.7 Å². The van der Waals surface area contributed by atoms with Gasteiger partial charge in [0.25, 0.3) is 5.91 Å². The lowest BCUT2D eigenvalue weighted by atomic mass is 10.3. The molecular weight excluding hydrogens is 519 g/mol. The number of rotatable bonds is 9. The molecule has 30 heavy (non-hydrogen) atoms. The van der Waals surface area contributed by atoms with E-state index in [4.69, 9.17) is 15.2 Å². The SMILES string of the molecule is CC(=O)Nc1c(C(N)=O)cc(Sc2cc3c(cc2I)OCO3)n1CCCNC(C)C. The summed E-state index contributed by atoms with van der Waals surface area (Å²) >= 11 is 3.74. The molecule has 0 saturated heterocycles. The summed E-state index contributed by atoms with van der Waals surface area (Å²) in [5.74, 6) is 0.995. The number of benzene rings is 1. The van der Waals surface area contributed by atoms with Gasteiger partial charge in [-0.2, -0.15) is 0 Å². The van der Waals surface area contributed by atoms with Gasteiger partial charge in [0.2, 0.25) is 12.7 Å². The highest BCUT2D eigenvalue weighted by atomic mass is 127. The topological polar surface area (TPSA) is 108 Å². The molecule has 1 aromatic carbocycles. The third-order valence-corrected chi connectivity index (χ3v) is 6.74. The van der Waals surface area contributed by atoms with Crippen molar-refractivity contribution in [2.45, 2.75) is 49.7 Å². The van der Waals surface area contributed by atoms with Crippen molar-refractivity contribution in [3.8, 4) is 11.5 Å². The molecule has 0 atom stereocenters. The quantitative estimate of drug-likeness (QED) is 0.330. The lowest BCUT2D eigenvalue weighted by Gasteiger charge is -2.15. The van der Waals surface area contributed by atoms with Crippen LogP contribution < -0.4 is 25.8 Å². The number of primary amides is 1. The van der Waals surface area contributed by atoms with Crippen LogP contribution in [0.2, 0.25) is 0 Å². The molecule has 0 spiro atoms. The number of ether oxygens (including phenoxy) is 2. The molecule has 4 N–H and O–H groups in total. The van der Waals surface area contributed by atoms with Crippen molar-refractivity contribution >= 4 is 52.0 Å². The van der Waals surface area contributed by atoms with Crippen molar-refractivity contribution < 1.29 is 19.1 Å². The zero-order valence-corrected chi connectivity index (χ0v) is 20.1. The Morgan fingerprint density at radius 2 is 1.97 bits per heavy atom. The number of halogens is 1. The Morgan fingerprint density at radius 1 is 1.27 bits per heavy atom. The largest absolute Gasteiger partial charge is 0.454 e. The van der Waals surface area contributed by atoms with Crippen LogP contribution in [0.25, 0.3) is 0 Å². The predicted molar refractivity (Wildman–Crippen MR) is 124 cm³/mol. The Hall–Kier alpha value is -1.92. The molecule has 10 heteroatoms. The summed E-state index contributed by atoms with van der Waals surface area (Å²) in [7, 11) is 0. The molecule has 0 unspecified atom stereocenters. The third kappa shape index (κ3) is 5.41. The fourth-order valence-electron chi connectivity index (χ4n) is 3.04. The normalized spacial score (nSPS) is 12.4. The first-order valence-corrected chi connectivity index (χ1v) is 11.5. The smallest absolute Gasteiger partial charge is 0.252 e. The number of hydrogen-bond donors (Lipinski definition) is 3. The van der Waals surface area contributed by atoms with Gasteiger partial charge in [0.1, 0.15) is 5.82 Å². The van der Waals surface area contributed by atoms with Gasteiger partial charge in [0, 0.05) is 28.0 Å². The van der Waals surface area contributed by atoms with E-state index in [-0.39, 0.29) is 12.7 Å². The van der Waals surface area contributed by atoms with E-state index in [0.29, 0.717) is 29.7 Å². The van der Waals surface area contributed by atoms with Crippen LogP contribution in [-0.4, -0.2) is 35.8 Å². The van der Waals surface area contributed by atoms with Gasteiger partial charge in [0.05, 0.1) is 10.6 Å². The first kappa shape index (κ1) is 22.8. The molecule has 2 aromatic rings. The van der Waals surface area contributed by atoms with E-state index in [1.165, 1.54) is 18.7 Å². The van der Waals surface area contributed by atoms with E-state index in [1.54, 1.807) is 6.07 Å². The van der Waals surface area contributed by atoms with Crippen molar-refractivity contribution in [3.05, 3.63) is 27.3 Å². The van der Waals surface area contributed by atoms with E-state index < -0.39 is 5.91 Å². The molecule has 1 aliphatic heterocycles. The van der Waals surface area contributed by atoms with Gasteiger partial charge < -0.3 is 30.4 Å². The Bertz CT molecular complexity index is 961. The third-order valence-electron chi connectivity index (χ3n) is 4.37. The number of amides is 2. The molecule has 8 nitrogen and oxygen atoms in total.